The number of benzene rings is 2. The number of amides is 1. The van der Waals surface area contributed by atoms with Crippen LogP contribution in [0.2, 0.25) is 0 Å². The van der Waals surface area contributed by atoms with E-state index in [-0.39, 0.29) is 17.9 Å². The molecule has 0 spiro atoms. The molecular weight excluding hydrogens is 520 g/mol. The van der Waals surface area contributed by atoms with Crippen LogP contribution in [0.5, 0.6) is 5.75 Å². The van der Waals surface area contributed by atoms with Crippen LogP contribution in [0.1, 0.15) is 18.1 Å². The summed E-state index contributed by atoms with van der Waals surface area (Å²) >= 11 is 0. The van der Waals surface area contributed by atoms with Crippen molar-refractivity contribution in [3.8, 4) is 5.75 Å². The molecule has 1 N–H and O–H groups in total. The summed E-state index contributed by atoms with van der Waals surface area (Å²) in [6.07, 6.45) is -0.919. The van der Waals surface area contributed by atoms with Gasteiger partial charge in [0.15, 0.2) is 6.10 Å². The van der Waals surface area contributed by atoms with Gasteiger partial charge in [-0.2, -0.15) is 8.42 Å². The molecule has 0 aliphatic rings. The van der Waals surface area contributed by atoms with Gasteiger partial charge in [0, 0.05) is 18.3 Å². The van der Waals surface area contributed by atoms with Crippen molar-refractivity contribution in [1.82, 2.24) is 5.32 Å². The van der Waals surface area contributed by atoms with Crippen molar-refractivity contribution in [3.05, 3.63) is 70.1 Å². The SMILES string of the molecule is COC(=O)C(Cc1ccc(OCC(COS(=O)(=O)c2ccc(C)cc2)OC(C)=O)cc1)NC(=O)CN=[N+]=[N-]. The second-order valence-corrected chi connectivity index (χ2v) is 9.59. The Morgan fingerprint density at radius 3 is 2.29 bits per heavy atom. The topological polar surface area (TPSA) is 183 Å². The van der Waals surface area contributed by atoms with Crippen molar-refractivity contribution < 1.29 is 41.2 Å². The van der Waals surface area contributed by atoms with Gasteiger partial charge in [0.2, 0.25) is 5.91 Å². The molecule has 0 bridgehead atoms. The molecule has 204 valence electrons. The van der Waals surface area contributed by atoms with Gasteiger partial charge in [-0.1, -0.05) is 34.9 Å². The minimum atomic E-state index is -4.07. The minimum Gasteiger partial charge on any atom is -0.490 e. The summed E-state index contributed by atoms with van der Waals surface area (Å²) in [6, 6.07) is 11.6. The summed E-state index contributed by atoms with van der Waals surface area (Å²) in [5, 5.41) is 5.60. The number of esters is 2. The summed E-state index contributed by atoms with van der Waals surface area (Å²) in [5.74, 6) is -1.58. The number of rotatable bonds is 14. The summed E-state index contributed by atoms with van der Waals surface area (Å²) in [5.41, 5.74) is 9.86. The molecule has 38 heavy (non-hydrogen) atoms. The summed E-state index contributed by atoms with van der Waals surface area (Å²) in [4.78, 5) is 37.8. The second-order valence-electron chi connectivity index (χ2n) is 7.97. The quantitative estimate of drug-likeness (QED) is 0.122. The molecule has 2 rings (SSSR count). The molecule has 0 aliphatic heterocycles. The zero-order valence-electron chi connectivity index (χ0n) is 21.0. The van der Waals surface area contributed by atoms with Gasteiger partial charge < -0.3 is 19.5 Å². The molecule has 0 aliphatic carbocycles. The molecule has 1 amide bonds. The van der Waals surface area contributed by atoms with Gasteiger partial charge in [-0.15, -0.1) is 0 Å². The molecule has 2 unspecified atom stereocenters. The van der Waals surface area contributed by atoms with E-state index < -0.39 is 53.3 Å². The highest BCUT2D eigenvalue weighted by Gasteiger charge is 2.23. The maximum absolute atomic E-state index is 12.4. The van der Waals surface area contributed by atoms with E-state index in [2.05, 4.69) is 15.3 Å². The third-order valence-electron chi connectivity index (χ3n) is 4.95. The van der Waals surface area contributed by atoms with Crippen molar-refractivity contribution in [2.75, 3.05) is 26.9 Å². The van der Waals surface area contributed by atoms with Crippen molar-refractivity contribution in [1.29, 1.82) is 0 Å². The van der Waals surface area contributed by atoms with Crippen molar-refractivity contribution in [2.45, 2.75) is 37.3 Å². The Morgan fingerprint density at radius 2 is 1.71 bits per heavy atom. The van der Waals surface area contributed by atoms with E-state index in [1.165, 1.54) is 26.2 Å². The number of nitrogens with zero attached hydrogens (tertiary/aromatic N) is 3. The summed E-state index contributed by atoms with van der Waals surface area (Å²) < 4.78 is 45.4. The van der Waals surface area contributed by atoms with E-state index in [0.717, 1.165) is 5.56 Å². The monoisotopic (exact) mass is 548 g/mol. The van der Waals surface area contributed by atoms with Crippen LogP contribution in [-0.4, -0.2) is 65.3 Å². The second kappa shape index (κ2) is 14.6. The summed E-state index contributed by atoms with van der Waals surface area (Å²) in [6.45, 7) is 1.89. The Hall–Kier alpha value is -4.13. The predicted molar refractivity (Wildman–Crippen MR) is 133 cm³/mol. The molecule has 14 heteroatoms. The Labute approximate surface area is 219 Å². The lowest BCUT2D eigenvalue weighted by atomic mass is 10.1. The van der Waals surface area contributed by atoms with Crippen LogP contribution in [-0.2, 0) is 44.6 Å². The molecule has 0 saturated carbocycles. The number of aryl methyl sites for hydroxylation is 1. The molecule has 0 aromatic heterocycles. The minimum absolute atomic E-state index is 0.0274. The fourth-order valence-electron chi connectivity index (χ4n) is 3.11. The predicted octanol–water partition coefficient (Wildman–Crippen LogP) is 2.22. The summed E-state index contributed by atoms with van der Waals surface area (Å²) in [7, 11) is -2.89. The zero-order valence-corrected chi connectivity index (χ0v) is 21.8. The third kappa shape index (κ3) is 10.1. The molecule has 2 aromatic carbocycles. The van der Waals surface area contributed by atoms with Gasteiger partial charge in [0.25, 0.3) is 10.1 Å². The van der Waals surface area contributed by atoms with Crippen molar-refractivity contribution in [2.24, 2.45) is 5.11 Å². The lowest BCUT2D eigenvalue weighted by Gasteiger charge is -2.18. The van der Waals surface area contributed by atoms with E-state index in [4.69, 9.17) is 23.9 Å². The largest absolute Gasteiger partial charge is 0.490 e. The number of nitrogens with one attached hydrogen (secondary N) is 1. The van der Waals surface area contributed by atoms with Gasteiger partial charge >= 0.3 is 11.9 Å². The Balaban J connectivity index is 1.99. The molecule has 0 saturated heterocycles. The van der Waals surface area contributed by atoms with E-state index in [1.807, 2.05) is 6.92 Å². The number of carbonyl (C=O) groups excluding carboxylic acids is 3. The fraction of sp³-hybridized carbons (Fsp3) is 0.375. The Kier molecular flexibility index (Phi) is 11.5. The number of hydrogen-bond donors (Lipinski definition) is 1. The molecule has 2 aromatic rings. The van der Waals surface area contributed by atoms with Gasteiger partial charge in [0.05, 0.1) is 12.0 Å². The first-order valence-corrected chi connectivity index (χ1v) is 12.7. The van der Waals surface area contributed by atoms with E-state index in [9.17, 15) is 22.8 Å². The van der Waals surface area contributed by atoms with Crippen LogP contribution in [0.3, 0.4) is 0 Å². The van der Waals surface area contributed by atoms with Gasteiger partial charge in [0.1, 0.15) is 31.5 Å². The fourth-order valence-corrected chi connectivity index (χ4v) is 4.04. The highest BCUT2D eigenvalue weighted by Crippen LogP contribution is 2.17. The third-order valence-corrected chi connectivity index (χ3v) is 6.24. The van der Waals surface area contributed by atoms with Gasteiger partial charge in [-0.25, -0.2) is 4.79 Å². The molecule has 0 heterocycles. The van der Waals surface area contributed by atoms with Crippen LogP contribution < -0.4 is 10.1 Å². The Bertz CT molecular complexity index is 1260. The zero-order chi connectivity index (χ0) is 28.1. The maximum atomic E-state index is 12.4. The molecular formula is C24H28N4O9S. The van der Waals surface area contributed by atoms with E-state index >= 15 is 0 Å². The molecule has 0 fully saturated rings. The van der Waals surface area contributed by atoms with E-state index in [0.29, 0.717) is 11.3 Å². The maximum Gasteiger partial charge on any atom is 0.328 e. The smallest absolute Gasteiger partial charge is 0.328 e. The van der Waals surface area contributed by atoms with Crippen LogP contribution in [0, 0.1) is 6.92 Å². The van der Waals surface area contributed by atoms with Crippen LogP contribution in [0.25, 0.3) is 10.4 Å². The highest BCUT2D eigenvalue weighted by atomic mass is 32.2. The number of ether oxygens (including phenoxy) is 3. The molecule has 13 nitrogen and oxygen atoms in total. The Morgan fingerprint density at radius 1 is 1.05 bits per heavy atom. The van der Waals surface area contributed by atoms with Gasteiger partial charge in [-0.3, -0.25) is 13.8 Å². The molecule has 0 radical (unpaired) electrons. The van der Waals surface area contributed by atoms with Crippen molar-refractivity contribution >= 4 is 28.0 Å². The average molecular weight is 549 g/mol. The molecule has 2 atom stereocenters. The van der Waals surface area contributed by atoms with Crippen LogP contribution in [0.4, 0.5) is 0 Å². The number of azide groups is 1. The van der Waals surface area contributed by atoms with Crippen LogP contribution in [0.15, 0.2) is 58.5 Å². The first-order valence-electron chi connectivity index (χ1n) is 11.3. The first-order chi connectivity index (χ1) is 18.0. The average Bonchev–Trinajstić information content (AvgIpc) is 2.89. The van der Waals surface area contributed by atoms with Crippen molar-refractivity contribution in [3.63, 3.8) is 0 Å². The van der Waals surface area contributed by atoms with E-state index in [1.54, 1.807) is 36.4 Å². The van der Waals surface area contributed by atoms with Gasteiger partial charge in [-0.05, 0) is 42.3 Å². The highest BCUT2D eigenvalue weighted by molar-refractivity contribution is 7.86. The van der Waals surface area contributed by atoms with Crippen LogP contribution >= 0.6 is 0 Å². The lowest BCUT2D eigenvalue weighted by molar-refractivity contribution is -0.149. The number of hydrogen-bond acceptors (Lipinski definition) is 10. The number of methoxy groups -OCH3 is 1. The lowest BCUT2D eigenvalue weighted by Crippen LogP contribution is -2.43. The number of carbonyl (C=O) groups is 3. The first kappa shape index (κ1) is 30.1. The normalized spacial score (nSPS) is 12.4. The standard InChI is InChI=1S/C24H28N4O9S/c1-16-4-10-21(11-5-16)38(32,33)36-15-20(37-17(2)29)14-35-19-8-6-18(7-9-19)12-22(24(31)34-3)27-23(30)13-26-28-25/h4-11,20,22H,12-15H2,1-3H3,(H,27,30).